The highest BCUT2D eigenvalue weighted by molar-refractivity contribution is 7.15. The Morgan fingerprint density at radius 1 is 1.32 bits per heavy atom. The lowest BCUT2D eigenvalue weighted by atomic mass is 9.87. The Morgan fingerprint density at radius 3 is 2.91 bits per heavy atom. The second-order valence-electron chi connectivity index (χ2n) is 6.58. The molecule has 3 fully saturated rings. The smallest absolute Gasteiger partial charge is 0.226 e. The van der Waals surface area contributed by atoms with Gasteiger partial charge in [-0.1, -0.05) is 0 Å². The fourth-order valence-corrected chi connectivity index (χ4v) is 4.88. The van der Waals surface area contributed by atoms with Gasteiger partial charge in [0.05, 0.1) is 12.2 Å². The van der Waals surface area contributed by atoms with Crippen molar-refractivity contribution < 1.29 is 14.3 Å². The van der Waals surface area contributed by atoms with Crippen LogP contribution in [0.2, 0.25) is 0 Å². The molecule has 0 spiro atoms. The van der Waals surface area contributed by atoms with Crippen molar-refractivity contribution >= 4 is 22.4 Å². The average Bonchev–Trinajstić information content (AvgIpc) is 3.24. The van der Waals surface area contributed by atoms with Crippen molar-refractivity contribution in [3.8, 4) is 0 Å². The van der Waals surface area contributed by atoms with Crippen LogP contribution in [0.1, 0.15) is 49.3 Å². The Labute approximate surface area is 134 Å². The largest absolute Gasteiger partial charge is 0.381 e. The van der Waals surface area contributed by atoms with Crippen LogP contribution in [-0.2, 0) is 14.3 Å². The summed E-state index contributed by atoms with van der Waals surface area (Å²) in [6, 6.07) is 0. The fourth-order valence-electron chi connectivity index (χ4n) is 3.88. The van der Waals surface area contributed by atoms with Crippen LogP contribution in [0.15, 0.2) is 6.20 Å². The van der Waals surface area contributed by atoms with E-state index in [9.17, 15) is 4.79 Å². The summed E-state index contributed by atoms with van der Waals surface area (Å²) in [7, 11) is 0. The molecular formula is C16H22N2O3S. The van der Waals surface area contributed by atoms with E-state index in [1.165, 1.54) is 11.3 Å². The molecule has 2 bridgehead atoms. The predicted octanol–water partition coefficient (Wildman–Crippen LogP) is 2.93. The van der Waals surface area contributed by atoms with Crippen LogP contribution in [0, 0.1) is 5.92 Å². The van der Waals surface area contributed by atoms with Gasteiger partial charge in [0.25, 0.3) is 0 Å². The molecule has 4 heterocycles. The normalized spacial score (nSPS) is 31.5. The molecule has 0 aromatic carbocycles. The molecule has 120 valence electrons. The van der Waals surface area contributed by atoms with Gasteiger partial charge in [-0.25, -0.2) is 4.98 Å². The number of carbonyl (C=O) groups is 1. The standard InChI is InChI=1S/C16H22N2O3S/c19-15(8-11-7-12-1-2-13(11)21-12)18-16-17-9-14(22-16)10-3-5-20-6-4-10/h9-13H,1-8H2,(H,17,18,19)/t11-,12-,13-/m1/s1. The molecule has 0 saturated carbocycles. The van der Waals surface area contributed by atoms with E-state index in [0.29, 0.717) is 30.5 Å². The van der Waals surface area contributed by atoms with E-state index in [1.807, 2.05) is 6.20 Å². The Morgan fingerprint density at radius 2 is 2.18 bits per heavy atom. The highest BCUT2D eigenvalue weighted by atomic mass is 32.1. The third-order valence-electron chi connectivity index (χ3n) is 5.07. The van der Waals surface area contributed by atoms with Crippen molar-refractivity contribution in [1.82, 2.24) is 4.98 Å². The van der Waals surface area contributed by atoms with Crippen LogP contribution < -0.4 is 5.32 Å². The zero-order valence-corrected chi connectivity index (χ0v) is 13.4. The Kier molecular flexibility index (Phi) is 4.15. The highest BCUT2D eigenvalue weighted by Crippen LogP contribution is 2.40. The Balaban J connectivity index is 1.31. The molecule has 1 aromatic rings. The summed E-state index contributed by atoms with van der Waals surface area (Å²) in [4.78, 5) is 17.8. The number of aromatic nitrogens is 1. The van der Waals surface area contributed by atoms with E-state index in [2.05, 4.69) is 10.3 Å². The summed E-state index contributed by atoms with van der Waals surface area (Å²) in [5.41, 5.74) is 0. The Hall–Kier alpha value is -0.980. The lowest BCUT2D eigenvalue weighted by Gasteiger charge is -2.20. The van der Waals surface area contributed by atoms with Gasteiger partial charge in [-0.05, 0) is 43.9 Å². The van der Waals surface area contributed by atoms with E-state index in [1.54, 1.807) is 11.3 Å². The lowest BCUT2D eigenvalue weighted by Crippen LogP contribution is -2.23. The number of hydrogen-bond donors (Lipinski definition) is 1. The van der Waals surface area contributed by atoms with Gasteiger partial charge in [0.15, 0.2) is 5.13 Å². The number of fused-ring (bicyclic) bond motifs is 2. The average molecular weight is 322 g/mol. The van der Waals surface area contributed by atoms with Crippen LogP contribution in [0.4, 0.5) is 5.13 Å². The van der Waals surface area contributed by atoms with Gasteiger partial charge in [0.1, 0.15) is 0 Å². The minimum Gasteiger partial charge on any atom is -0.381 e. The number of nitrogens with zero attached hydrogens (tertiary/aromatic N) is 1. The predicted molar refractivity (Wildman–Crippen MR) is 84.2 cm³/mol. The van der Waals surface area contributed by atoms with Crippen LogP contribution in [0.3, 0.4) is 0 Å². The molecule has 1 aromatic heterocycles. The molecule has 0 unspecified atom stereocenters. The summed E-state index contributed by atoms with van der Waals surface area (Å²) in [6.45, 7) is 1.66. The maximum Gasteiger partial charge on any atom is 0.226 e. The van der Waals surface area contributed by atoms with Gasteiger partial charge < -0.3 is 14.8 Å². The molecule has 22 heavy (non-hydrogen) atoms. The number of carbonyl (C=O) groups excluding carboxylic acids is 1. The van der Waals surface area contributed by atoms with E-state index >= 15 is 0 Å². The molecule has 5 nitrogen and oxygen atoms in total. The van der Waals surface area contributed by atoms with Crippen LogP contribution in [0.5, 0.6) is 0 Å². The summed E-state index contributed by atoms with van der Waals surface area (Å²) in [5, 5.41) is 3.70. The van der Waals surface area contributed by atoms with Crippen molar-refractivity contribution in [2.24, 2.45) is 5.92 Å². The highest BCUT2D eigenvalue weighted by Gasteiger charge is 2.41. The number of amides is 1. The number of thiazole rings is 1. The van der Waals surface area contributed by atoms with Gasteiger partial charge in [-0.3, -0.25) is 4.79 Å². The van der Waals surface area contributed by atoms with E-state index in [0.717, 1.165) is 44.0 Å². The molecular weight excluding hydrogens is 300 g/mol. The van der Waals surface area contributed by atoms with E-state index in [-0.39, 0.29) is 5.91 Å². The van der Waals surface area contributed by atoms with Crippen LogP contribution in [-0.4, -0.2) is 36.3 Å². The molecule has 1 N–H and O–H groups in total. The molecule has 6 heteroatoms. The molecule has 3 atom stereocenters. The van der Waals surface area contributed by atoms with E-state index in [4.69, 9.17) is 9.47 Å². The first-order valence-corrected chi connectivity index (χ1v) is 9.08. The quantitative estimate of drug-likeness (QED) is 0.926. The number of hydrogen-bond acceptors (Lipinski definition) is 5. The molecule has 3 aliphatic heterocycles. The maximum absolute atomic E-state index is 12.2. The summed E-state index contributed by atoms with van der Waals surface area (Å²) in [5.74, 6) is 1.01. The molecule has 3 aliphatic rings. The molecule has 0 aliphatic carbocycles. The third kappa shape index (κ3) is 3.05. The first-order valence-electron chi connectivity index (χ1n) is 8.26. The maximum atomic E-state index is 12.2. The van der Waals surface area contributed by atoms with Gasteiger partial charge >= 0.3 is 0 Å². The molecule has 0 radical (unpaired) electrons. The number of ether oxygens (including phenoxy) is 2. The Bertz CT molecular complexity index is 541. The molecule has 4 rings (SSSR count). The van der Waals surface area contributed by atoms with Gasteiger partial charge in [-0.15, -0.1) is 11.3 Å². The van der Waals surface area contributed by atoms with Crippen molar-refractivity contribution in [2.45, 2.75) is 56.7 Å². The zero-order valence-electron chi connectivity index (χ0n) is 12.6. The van der Waals surface area contributed by atoms with Gasteiger partial charge in [0, 0.05) is 30.7 Å². The molecule has 1 amide bonds. The van der Waals surface area contributed by atoms with Crippen molar-refractivity contribution in [3.05, 3.63) is 11.1 Å². The summed E-state index contributed by atoms with van der Waals surface area (Å²) < 4.78 is 11.2. The van der Waals surface area contributed by atoms with Crippen LogP contribution >= 0.6 is 11.3 Å². The zero-order chi connectivity index (χ0) is 14.9. The first-order chi connectivity index (χ1) is 10.8. The molecule has 3 saturated heterocycles. The van der Waals surface area contributed by atoms with Gasteiger partial charge in [0.2, 0.25) is 5.91 Å². The second kappa shape index (κ2) is 6.26. The van der Waals surface area contributed by atoms with Crippen molar-refractivity contribution in [3.63, 3.8) is 0 Å². The van der Waals surface area contributed by atoms with Crippen molar-refractivity contribution in [2.75, 3.05) is 18.5 Å². The SMILES string of the molecule is O=C(C[C@H]1C[C@H]2CC[C@H]1O2)Nc1ncc(C2CCOCC2)s1. The minimum absolute atomic E-state index is 0.0778. The number of nitrogens with one attached hydrogen (secondary N) is 1. The van der Waals surface area contributed by atoms with Crippen LogP contribution in [0.25, 0.3) is 0 Å². The topological polar surface area (TPSA) is 60.5 Å². The number of rotatable bonds is 4. The summed E-state index contributed by atoms with van der Waals surface area (Å²) >= 11 is 1.61. The monoisotopic (exact) mass is 322 g/mol. The van der Waals surface area contributed by atoms with E-state index < -0.39 is 0 Å². The van der Waals surface area contributed by atoms with Crippen molar-refractivity contribution in [1.29, 1.82) is 0 Å². The minimum atomic E-state index is 0.0778. The third-order valence-corrected chi connectivity index (χ3v) is 6.15. The first kappa shape index (κ1) is 14.6. The van der Waals surface area contributed by atoms with Gasteiger partial charge in [-0.2, -0.15) is 0 Å². The number of anilines is 1. The fraction of sp³-hybridized carbons (Fsp3) is 0.750. The summed E-state index contributed by atoms with van der Waals surface area (Å²) in [6.07, 6.45) is 8.63. The second-order valence-corrected chi connectivity index (χ2v) is 7.64. The lowest BCUT2D eigenvalue weighted by molar-refractivity contribution is -0.117.